The lowest BCUT2D eigenvalue weighted by Crippen LogP contribution is -2.11. The van der Waals surface area contributed by atoms with Gasteiger partial charge >= 0.3 is 5.63 Å². The van der Waals surface area contributed by atoms with E-state index in [1.165, 1.54) is 0 Å². The third-order valence-electron chi connectivity index (χ3n) is 4.14. The molecule has 0 saturated carbocycles. The van der Waals surface area contributed by atoms with Gasteiger partial charge in [0.25, 0.3) is 0 Å². The van der Waals surface area contributed by atoms with Crippen LogP contribution >= 0.6 is 15.9 Å². The van der Waals surface area contributed by atoms with E-state index in [2.05, 4.69) is 22.9 Å². The zero-order valence-electron chi connectivity index (χ0n) is 14.5. The minimum atomic E-state index is -0.369. The van der Waals surface area contributed by atoms with Gasteiger partial charge in [-0.25, -0.2) is 4.79 Å². The summed E-state index contributed by atoms with van der Waals surface area (Å²) >= 11 is 3.34. The number of benzene rings is 2. The summed E-state index contributed by atoms with van der Waals surface area (Å²) in [4.78, 5) is 24.0. The van der Waals surface area contributed by atoms with Crippen LogP contribution in [-0.2, 0) is 6.42 Å². The van der Waals surface area contributed by atoms with Crippen LogP contribution < -0.4 is 10.4 Å². The number of hydrogen-bond donors (Lipinski definition) is 0. The highest BCUT2D eigenvalue weighted by molar-refractivity contribution is 9.10. The van der Waals surface area contributed by atoms with Crippen molar-refractivity contribution >= 4 is 32.7 Å². The average Bonchev–Trinajstić information content (AvgIpc) is 2.64. The van der Waals surface area contributed by atoms with Crippen molar-refractivity contribution in [3.05, 3.63) is 74.6 Å². The van der Waals surface area contributed by atoms with Crippen LogP contribution in [-0.4, -0.2) is 12.4 Å². The first-order valence-corrected chi connectivity index (χ1v) is 9.34. The predicted molar refractivity (Wildman–Crippen MR) is 105 cm³/mol. The Morgan fingerprint density at radius 1 is 1.12 bits per heavy atom. The molecule has 0 atom stereocenters. The van der Waals surface area contributed by atoms with Crippen LogP contribution in [0, 0.1) is 0 Å². The molecule has 26 heavy (non-hydrogen) atoms. The first kappa shape index (κ1) is 18.4. The molecule has 1 heterocycles. The van der Waals surface area contributed by atoms with Crippen LogP contribution in [0.15, 0.2) is 62.2 Å². The number of carbonyl (C=O) groups excluding carboxylic acids is 1. The number of Topliss-reactive ketones (excluding diaryl/α,β-unsaturated/α-hetero) is 1. The van der Waals surface area contributed by atoms with E-state index in [-0.39, 0.29) is 18.0 Å². The van der Waals surface area contributed by atoms with Gasteiger partial charge in [-0.05, 0) is 42.7 Å². The Bertz CT molecular complexity index is 973. The van der Waals surface area contributed by atoms with Crippen LogP contribution in [0.3, 0.4) is 0 Å². The molecule has 0 aliphatic carbocycles. The molecule has 0 saturated heterocycles. The van der Waals surface area contributed by atoms with E-state index in [1.807, 2.05) is 18.2 Å². The molecule has 0 aliphatic rings. The Balaban J connectivity index is 1.77. The molecular weight excluding hydrogens is 396 g/mol. The van der Waals surface area contributed by atoms with Gasteiger partial charge in [-0.1, -0.05) is 41.4 Å². The number of ketones is 1. The first-order chi connectivity index (χ1) is 12.6. The molecule has 0 unspecified atom stereocenters. The highest BCUT2D eigenvalue weighted by Crippen LogP contribution is 2.24. The average molecular weight is 415 g/mol. The number of fused-ring (bicyclic) bond motifs is 1. The maximum Gasteiger partial charge on any atom is 0.336 e. The molecule has 5 heteroatoms. The predicted octanol–water partition coefficient (Wildman–Crippen LogP) is 5.16. The second kappa shape index (κ2) is 8.32. The van der Waals surface area contributed by atoms with Crippen molar-refractivity contribution < 1.29 is 13.9 Å². The minimum Gasteiger partial charge on any atom is -0.485 e. The van der Waals surface area contributed by atoms with Gasteiger partial charge in [0.2, 0.25) is 0 Å². The molecule has 0 aliphatic heterocycles. The summed E-state index contributed by atoms with van der Waals surface area (Å²) in [5, 5.41) is 0.907. The van der Waals surface area contributed by atoms with Gasteiger partial charge in [0, 0.05) is 27.6 Å². The van der Waals surface area contributed by atoms with Gasteiger partial charge < -0.3 is 9.15 Å². The second-order valence-corrected chi connectivity index (χ2v) is 6.99. The van der Waals surface area contributed by atoms with Crippen LogP contribution in [0.5, 0.6) is 5.75 Å². The second-order valence-electron chi connectivity index (χ2n) is 6.07. The van der Waals surface area contributed by atoms with Gasteiger partial charge in [-0.15, -0.1) is 0 Å². The molecule has 3 rings (SSSR count). The largest absolute Gasteiger partial charge is 0.485 e. The van der Waals surface area contributed by atoms with E-state index in [4.69, 9.17) is 9.15 Å². The molecule has 0 bridgehead atoms. The van der Waals surface area contributed by atoms with E-state index in [0.29, 0.717) is 16.9 Å². The SMILES string of the molecule is CCCCc1cc(=O)oc2cc(OCC(=O)c3ccc(Br)cc3)ccc12. The monoisotopic (exact) mass is 414 g/mol. The number of carbonyl (C=O) groups is 1. The molecule has 4 nitrogen and oxygen atoms in total. The fourth-order valence-electron chi connectivity index (χ4n) is 2.74. The van der Waals surface area contributed by atoms with Crippen molar-refractivity contribution in [2.75, 3.05) is 6.61 Å². The highest BCUT2D eigenvalue weighted by atomic mass is 79.9. The van der Waals surface area contributed by atoms with Gasteiger partial charge in [0.15, 0.2) is 12.4 Å². The van der Waals surface area contributed by atoms with Gasteiger partial charge in [-0.3, -0.25) is 4.79 Å². The fraction of sp³-hybridized carbons (Fsp3) is 0.238. The maximum absolute atomic E-state index is 12.2. The van der Waals surface area contributed by atoms with Gasteiger partial charge in [-0.2, -0.15) is 0 Å². The quantitative estimate of drug-likeness (QED) is 0.395. The maximum atomic E-state index is 12.2. The lowest BCUT2D eigenvalue weighted by Gasteiger charge is -2.08. The van der Waals surface area contributed by atoms with Crippen molar-refractivity contribution in [1.82, 2.24) is 0 Å². The van der Waals surface area contributed by atoms with Crippen LogP contribution in [0.4, 0.5) is 0 Å². The minimum absolute atomic E-state index is 0.0765. The molecule has 134 valence electrons. The molecule has 0 amide bonds. The molecular formula is C21H19BrO4. The zero-order chi connectivity index (χ0) is 18.5. The van der Waals surface area contributed by atoms with Crippen molar-refractivity contribution in [3.8, 4) is 5.75 Å². The van der Waals surface area contributed by atoms with Crippen LogP contribution in [0.1, 0.15) is 35.7 Å². The van der Waals surface area contributed by atoms with Crippen molar-refractivity contribution in [2.24, 2.45) is 0 Å². The zero-order valence-corrected chi connectivity index (χ0v) is 16.0. The first-order valence-electron chi connectivity index (χ1n) is 8.55. The van der Waals surface area contributed by atoms with Crippen molar-refractivity contribution in [2.45, 2.75) is 26.2 Å². The number of unbranched alkanes of at least 4 members (excludes halogenated alkanes) is 1. The molecule has 0 radical (unpaired) electrons. The smallest absolute Gasteiger partial charge is 0.336 e. The molecule has 2 aromatic carbocycles. The summed E-state index contributed by atoms with van der Waals surface area (Å²) in [6.07, 6.45) is 2.90. The molecule has 3 aromatic rings. The Kier molecular flexibility index (Phi) is 5.89. The van der Waals surface area contributed by atoms with E-state index in [0.717, 1.165) is 34.7 Å². The number of rotatable bonds is 7. The Morgan fingerprint density at radius 3 is 2.62 bits per heavy atom. The summed E-state index contributed by atoms with van der Waals surface area (Å²) in [5.74, 6) is 0.384. The number of ether oxygens (including phenoxy) is 1. The number of hydrogen-bond acceptors (Lipinski definition) is 4. The highest BCUT2D eigenvalue weighted by Gasteiger charge is 2.10. The Labute approximate surface area is 159 Å². The standard InChI is InChI=1S/C21H19BrO4/c1-2-3-4-15-11-21(24)26-20-12-17(9-10-18(15)20)25-13-19(23)14-5-7-16(22)8-6-14/h5-12H,2-4,13H2,1H3. The lowest BCUT2D eigenvalue weighted by molar-refractivity contribution is 0.0921. The fourth-order valence-corrected chi connectivity index (χ4v) is 3.01. The summed E-state index contributed by atoms with van der Waals surface area (Å²) in [5.41, 5.74) is 1.68. The lowest BCUT2D eigenvalue weighted by atomic mass is 10.0. The summed E-state index contributed by atoms with van der Waals surface area (Å²) in [6.45, 7) is 2.04. The number of aryl methyl sites for hydroxylation is 1. The number of halogens is 1. The molecule has 1 aromatic heterocycles. The van der Waals surface area contributed by atoms with E-state index >= 15 is 0 Å². The normalized spacial score (nSPS) is 10.8. The third kappa shape index (κ3) is 4.41. The van der Waals surface area contributed by atoms with Crippen molar-refractivity contribution in [3.63, 3.8) is 0 Å². The topological polar surface area (TPSA) is 56.5 Å². The Morgan fingerprint density at radius 2 is 1.88 bits per heavy atom. The van der Waals surface area contributed by atoms with Crippen molar-refractivity contribution in [1.29, 1.82) is 0 Å². The molecule has 0 fully saturated rings. The Hall–Kier alpha value is -2.40. The van der Waals surface area contributed by atoms with Gasteiger partial charge in [0.05, 0.1) is 0 Å². The van der Waals surface area contributed by atoms with E-state index < -0.39 is 0 Å². The summed E-state index contributed by atoms with van der Waals surface area (Å²) in [7, 11) is 0. The van der Waals surface area contributed by atoms with E-state index in [1.54, 1.807) is 30.3 Å². The summed E-state index contributed by atoms with van der Waals surface area (Å²) < 4.78 is 11.8. The van der Waals surface area contributed by atoms with Crippen LogP contribution in [0.2, 0.25) is 0 Å². The van der Waals surface area contributed by atoms with Crippen LogP contribution in [0.25, 0.3) is 11.0 Å². The van der Waals surface area contributed by atoms with E-state index in [9.17, 15) is 9.59 Å². The van der Waals surface area contributed by atoms with Gasteiger partial charge in [0.1, 0.15) is 11.3 Å². The third-order valence-corrected chi connectivity index (χ3v) is 4.67. The molecule has 0 N–H and O–H groups in total. The summed E-state index contributed by atoms with van der Waals surface area (Å²) in [6, 6.07) is 14.0. The molecule has 0 spiro atoms.